The number of nitrogens with zero attached hydrogens (tertiary/aromatic N) is 2. The number of hydrogen-bond acceptors (Lipinski definition) is 2. The summed E-state index contributed by atoms with van der Waals surface area (Å²) in [6.45, 7) is 8.89. The molecule has 4 heteroatoms. The Morgan fingerprint density at radius 2 is 1.63 bits per heavy atom. The molecule has 3 aromatic rings. The normalized spacial score (nSPS) is 18.3. The largest absolute Gasteiger partial charge is 1.00 e. The lowest BCUT2D eigenvalue weighted by atomic mass is 10.1. The van der Waals surface area contributed by atoms with Gasteiger partial charge < -0.3 is 24.0 Å². The van der Waals surface area contributed by atoms with Crippen LogP contribution in [0.4, 0.5) is 22.7 Å². The van der Waals surface area contributed by atoms with Crippen molar-refractivity contribution in [2.45, 2.75) is 39.8 Å². The number of aromatic nitrogens is 1. The first kappa shape index (κ1) is 19.8. The first-order chi connectivity index (χ1) is 12.6. The molecule has 27 heavy (non-hydrogen) atoms. The molecule has 1 unspecified atom stereocenters. The fraction of sp³-hybridized carbons (Fsp3) is 0.261. The van der Waals surface area contributed by atoms with Crippen LogP contribution in [0.5, 0.6) is 0 Å². The Bertz CT molecular complexity index is 924. The van der Waals surface area contributed by atoms with Gasteiger partial charge in [-0.3, -0.25) is 9.88 Å². The number of fused-ring (bicyclic) bond motifs is 1. The standard InChI is InChI=1S/C23H25N3.HI/c1-16(2)20-14-22-23(15-24-20)25(19-11-6-5-7-12-19)18(4)26(22)21-13-9-8-10-17(21)3;/h5-16,18H,1-4H3;1H/t18-;/m0./s1. The molecule has 0 saturated carbocycles. The van der Waals surface area contributed by atoms with Crippen molar-refractivity contribution in [2.75, 3.05) is 4.90 Å². The molecule has 2 heterocycles. The smallest absolute Gasteiger partial charge is 0.180 e. The number of halogens is 1. The van der Waals surface area contributed by atoms with E-state index in [2.05, 4.69) is 99.5 Å². The monoisotopic (exact) mass is 471 g/mol. The lowest BCUT2D eigenvalue weighted by Crippen LogP contribution is -3.06. The lowest BCUT2D eigenvalue weighted by molar-refractivity contribution is -0.780. The van der Waals surface area contributed by atoms with Crippen molar-refractivity contribution in [2.24, 2.45) is 0 Å². The van der Waals surface area contributed by atoms with Gasteiger partial charge in [0.2, 0.25) is 0 Å². The SMILES string of the molecule is Cc1ccccc1N1c2cc(C(C)C)ncc2[NH+](c2ccccc2)[C@@H]1C.[I-]. The van der Waals surface area contributed by atoms with Crippen LogP contribution in [0.2, 0.25) is 0 Å². The van der Waals surface area contributed by atoms with E-state index >= 15 is 0 Å². The van der Waals surface area contributed by atoms with Crippen molar-refractivity contribution < 1.29 is 28.9 Å². The predicted molar refractivity (Wildman–Crippen MR) is 108 cm³/mol. The zero-order valence-electron chi connectivity index (χ0n) is 16.3. The Morgan fingerprint density at radius 3 is 2.30 bits per heavy atom. The number of para-hydroxylation sites is 2. The van der Waals surface area contributed by atoms with Crippen molar-refractivity contribution in [1.82, 2.24) is 4.98 Å². The fourth-order valence-electron chi connectivity index (χ4n) is 3.93. The summed E-state index contributed by atoms with van der Waals surface area (Å²) in [7, 11) is 0. The molecule has 140 valence electrons. The maximum absolute atomic E-state index is 4.76. The molecule has 3 nitrogen and oxygen atoms in total. The number of quaternary nitrogens is 1. The lowest BCUT2D eigenvalue weighted by Gasteiger charge is -2.26. The number of rotatable bonds is 3. The van der Waals surface area contributed by atoms with Gasteiger partial charge in [0, 0.05) is 18.3 Å². The third kappa shape index (κ3) is 3.48. The Kier molecular flexibility index (Phi) is 5.86. The molecule has 0 amide bonds. The summed E-state index contributed by atoms with van der Waals surface area (Å²) in [6.07, 6.45) is 2.33. The van der Waals surface area contributed by atoms with Gasteiger partial charge in [-0.25, -0.2) is 4.90 Å². The van der Waals surface area contributed by atoms with Crippen LogP contribution < -0.4 is 33.8 Å². The van der Waals surface area contributed by atoms with E-state index in [4.69, 9.17) is 4.98 Å². The fourth-order valence-corrected chi connectivity index (χ4v) is 3.93. The molecule has 0 fully saturated rings. The number of aryl methyl sites for hydroxylation is 1. The summed E-state index contributed by atoms with van der Waals surface area (Å²) in [5.41, 5.74) is 7.50. The molecular formula is C23H26IN3. The number of benzene rings is 2. The maximum atomic E-state index is 4.76. The highest BCUT2D eigenvalue weighted by molar-refractivity contribution is 5.77. The first-order valence-electron chi connectivity index (χ1n) is 9.35. The maximum Gasteiger partial charge on any atom is 0.180 e. The summed E-state index contributed by atoms with van der Waals surface area (Å²) < 4.78 is 0. The van der Waals surface area contributed by atoms with Gasteiger partial charge >= 0.3 is 0 Å². The average molecular weight is 471 g/mol. The molecule has 2 aromatic carbocycles. The third-order valence-electron chi connectivity index (χ3n) is 5.31. The number of nitrogens with one attached hydrogen (secondary N) is 1. The molecule has 2 atom stereocenters. The Balaban J connectivity index is 0.00000210. The minimum absolute atomic E-state index is 0. The van der Waals surface area contributed by atoms with Crippen LogP contribution in [-0.2, 0) is 0 Å². The van der Waals surface area contributed by atoms with E-state index in [9.17, 15) is 0 Å². The molecule has 1 aromatic heterocycles. The van der Waals surface area contributed by atoms with Crippen LogP contribution in [0.15, 0.2) is 66.9 Å². The highest BCUT2D eigenvalue weighted by Crippen LogP contribution is 2.39. The zero-order valence-corrected chi connectivity index (χ0v) is 18.4. The molecule has 1 aliphatic heterocycles. The van der Waals surface area contributed by atoms with E-state index in [1.54, 1.807) is 0 Å². The van der Waals surface area contributed by atoms with E-state index in [0.717, 1.165) is 5.69 Å². The molecule has 1 aliphatic rings. The summed E-state index contributed by atoms with van der Waals surface area (Å²) in [5.74, 6) is 0.412. The highest BCUT2D eigenvalue weighted by atomic mass is 127. The topological polar surface area (TPSA) is 20.6 Å². The van der Waals surface area contributed by atoms with Gasteiger partial charge in [-0.1, -0.05) is 50.2 Å². The summed E-state index contributed by atoms with van der Waals surface area (Å²) in [4.78, 5) is 8.59. The van der Waals surface area contributed by atoms with Gasteiger partial charge in [-0.2, -0.15) is 0 Å². The third-order valence-corrected chi connectivity index (χ3v) is 5.31. The Morgan fingerprint density at radius 1 is 0.963 bits per heavy atom. The van der Waals surface area contributed by atoms with E-state index in [1.807, 2.05) is 0 Å². The van der Waals surface area contributed by atoms with Crippen molar-refractivity contribution in [3.63, 3.8) is 0 Å². The van der Waals surface area contributed by atoms with E-state index in [0.29, 0.717) is 5.92 Å². The van der Waals surface area contributed by atoms with Crippen LogP contribution in [0.3, 0.4) is 0 Å². The second-order valence-corrected chi connectivity index (χ2v) is 7.39. The molecular weight excluding hydrogens is 445 g/mol. The molecule has 0 bridgehead atoms. The van der Waals surface area contributed by atoms with Gasteiger partial charge in [0.15, 0.2) is 11.9 Å². The number of pyridine rings is 1. The zero-order chi connectivity index (χ0) is 18.3. The van der Waals surface area contributed by atoms with Crippen molar-refractivity contribution >= 4 is 22.7 Å². The van der Waals surface area contributed by atoms with Gasteiger partial charge in [0.25, 0.3) is 0 Å². The minimum Gasteiger partial charge on any atom is -1.00 e. The molecule has 0 aliphatic carbocycles. The van der Waals surface area contributed by atoms with E-state index in [-0.39, 0.29) is 30.1 Å². The van der Waals surface area contributed by atoms with Crippen LogP contribution in [0, 0.1) is 6.92 Å². The Hall–Kier alpha value is -1.92. The highest BCUT2D eigenvalue weighted by Gasteiger charge is 2.41. The average Bonchev–Trinajstić information content (AvgIpc) is 2.94. The summed E-state index contributed by atoms with van der Waals surface area (Å²) in [5, 5.41) is 0. The van der Waals surface area contributed by atoms with Crippen LogP contribution in [-0.4, -0.2) is 11.1 Å². The second-order valence-electron chi connectivity index (χ2n) is 7.39. The van der Waals surface area contributed by atoms with Gasteiger partial charge in [-0.05, 0) is 42.7 Å². The van der Waals surface area contributed by atoms with Crippen molar-refractivity contribution in [3.8, 4) is 0 Å². The van der Waals surface area contributed by atoms with Gasteiger partial charge in [-0.15, -0.1) is 0 Å². The van der Waals surface area contributed by atoms with E-state index < -0.39 is 0 Å². The molecule has 1 N–H and O–H groups in total. The predicted octanol–water partition coefficient (Wildman–Crippen LogP) is 1.86. The summed E-state index contributed by atoms with van der Waals surface area (Å²) >= 11 is 0. The first-order valence-corrected chi connectivity index (χ1v) is 9.35. The van der Waals surface area contributed by atoms with E-state index in [1.165, 1.54) is 33.2 Å². The van der Waals surface area contributed by atoms with Crippen molar-refractivity contribution in [1.29, 1.82) is 0 Å². The summed E-state index contributed by atoms with van der Waals surface area (Å²) in [6, 6.07) is 21.6. The molecule has 0 radical (unpaired) electrons. The van der Waals surface area contributed by atoms with Crippen LogP contribution >= 0.6 is 0 Å². The molecule has 0 saturated heterocycles. The molecule has 4 rings (SSSR count). The Labute approximate surface area is 179 Å². The number of anilines is 2. The van der Waals surface area contributed by atoms with Crippen molar-refractivity contribution in [3.05, 3.63) is 78.1 Å². The number of hydrogen-bond donors (Lipinski definition) is 1. The van der Waals surface area contributed by atoms with Crippen LogP contribution in [0.1, 0.15) is 37.9 Å². The molecule has 0 spiro atoms. The van der Waals surface area contributed by atoms with Gasteiger partial charge in [0.1, 0.15) is 11.4 Å². The quantitative estimate of drug-likeness (QED) is 0.589. The second kappa shape index (κ2) is 7.98. The van der Waals surface area contributed by atoms with Gasteiger partial charge in [0.05, 0.1) is 6.20 Å². The van der Waals surface area contributed by atoms with Crippen LogP contribution in [0.25, 0.3) is 0 Å². The minimum atomic E-state index is 0.